The van der Waals surface area contributed by atoms with Crippen molar-refractivity contribution in [3.8, 4) is 11.4 Å². The van der Waals surface area contributed by atoms with Crippen LogP contribution in [-0.2, 0) is 0 Å². The average Bonchev–Trinajstić information content (AvgIpc) is 2.56. The van der Waals surface area contributed by atoms with Crippen molar-refractivity contribution in [1.82, 2.24) is 20.3 Å². The molecule has 6 nitrogen and oxygen atoms in total. The van der Waals surface area contributed by atoms with Gasteiger partial charge in [-0.3, -0.25) is 4.79 Å². The first-order valence-corrected chi connectivity index (χ1v) is 7.91. The lowest BCUT2D eigenvalue weighted by Crippen LogP contribution is -2.57. The van der Waals surface area contributed by atoms with E-state index in [9.17, 15) is 18.0 Å². The van der Waals surface area contributed by atoms with Crippen LogP contribution in [0.25, 0.3) is 11.4 Å². The molecule has 10 heteroatoms. The van der Waals surface area contributed by atoms with Gasteiger partial charge in [0.2, 0.25) is 5.95 Å². The molecule has 1 saturated heterocycles. The van der Waals surface area contributed by atoms with Crippen LogP contribution in [0.4, 0.5) is 19.0 Å². The summed E-state index contributed by atoms with van der Waals surface area (Å²) in [5, 5.41) is 2.54. The van der Waals surface area contributed by atoms with Gasteiger partial charge >= 0.3 is 0 Å². The highest BCUT2D eigenvalue weighted by Gasteiger charge is 2.38. The fraction of sp³-hybridized carbons (Fsp3) is 0.400. The third-order valence-electron chi connectivity index (χ3n) is 3.93. The second kappa shape index (κ2) is 6.64. The molecule has 2 N–H and O–H groups in total. The Morgan fingerprint density at radius 1 is 1.44 bits per heavy atom. The average molecular weight is 374 g/mol. The van der Waals surface area contributed by atoms with E-state index in [1.54, 1.807) is 0 Å². The smallest absolute Gasteiger partial charge is 0.272 e. The molecule has 3 heterocycles. The van der Waals surface area contributed by atoms with E-state index in [1.807, 2.05) is 0 Å². The Morgan fingerprint density at radius 3 is 2.88 bits per heavy atom. The molecular formula is C15H15ClF3N5O. The fourth-order valence-corrected chi connectivity index (χ4v) is 2.83. The third kappa shape index (κ3) is 3.77. The molecule has 1 atom stereocenters. The van der Waals surface area contributed by atoms with E-state index in [1.165, 1.54) is 17.2 Å². The van der Waals surface area contributed by atoms with Crippen LogP contribution in [0.3, 0.4) is 0 Å². The lowest BCUT2D eigenvalue weighted by molar-refractivity contribution is -0.0188. The molecule has 0 aromatic carbocycles. The number of nitrogens with zero attached hydrogens (tertiary/aromatic N) is 3. The van der Waals surface area contributed by atoms with Gasteiger partial charge in [-0.05, 0) is 6.07 Å². The van der Waals surface area contributed by atoms with Crippen molar-refractivity contribution in [2.45, 2.75) is 18.9 Å². The number of anilines is 1. The molecule has 0 spiro atoms. The van der Waals surface area contributed by atoms with Crippen molar-refractivity contribution < 1.29 is 13.2 Å². The van der Waals surface area contributed by atoms with Crippen LogP contribution in [0.5, 0.6) is 0 Å². The molecule has 1 fully saturated rings. The normalized spacial score (nSPS) is 18.4. The van der Waals surface area contributed by atoms with Crippen LogP contribution < -0.4 is 15.8 Å². The quantitative estimate of drug-likeness (QED) is 0.806. The monoisotopic (exact) mass is 373 g/mol. The van der Waals surface area contributed by atoms with Gasteiger partial charge in [0.25, 0.3) is 11.5 Å². The first-order chi connectivity index (χ1) is 11.8. The molecular weight excluding hydrogens is 359 g/mol. The third-order valence-corrected chi connectivity index (χ3v) is 4.27. The fourth-order valence-electron chi connectivity index (χ4n) is 2.62. The summed E-state index contributed by atoms with van der Waals surface area (Å²) in [6.07, 6.45) is 1.23. The molecule has 2 aromatic rings. The van der Waals surface area contributed by atoms with Gasteiger partial charge in [0.15, 0.2) is 5.82 Å². The second-order valence-electron chi connectivity index (χ2n) is 5.83. The predicted molar refractivity (Wildman–Crippen MR) is 87.7 cm³/mol. The number of H-pyrrole nitrogens is 1. The summed E-state index contributed by atoms with van der Waals surface area (Å²) in [6, 6.07) is 1.48. The topological polar surface area (TPSA) is 73.9 Å². The number of nitrogens with one attached hydrogen (secondary N) is 2. The van der Waals surface area contributed by atoms with Gasteiger partial charge in [0.1, 0.15) is 10.8 Å². The molecule has 3 rings (SSSR count). The van der Waals surface area contributed by atoms with Crippen molar-refractivity contribution in [3.05, 3.63) is 39.7 Å². The Balaban J connectivity index is 2.00. The van der Waals surface area contributed by atoms with Crippen LogP contribution in [-0.4, -0.2) is 46.6 Å². The zero-order valence-corrected chi connectivity index (χ0v) is 13.9. The predicted octanol–water partition coefficient (Wildman–Crippen LogP) is 2.06. The molecule has 1 aliphatic heterocycles. The van der Waals surface area contributed by atoms with Gasteiger partial charge in [0, 0.05) is 44.4 Å². The Morgan fingerprint density at radius 2 is 2.20 bits per heavy atom. The maximum absolute atomic E-state index is 13.6. The van der Waals surface area contributed by atoms with Crippen molar-refractivity contribution in [2.75, 3.05) is 24.5 Å². The Labute approximate surface area is 146 Å². The molecule has 0 unspecified atom stereocenters. The Bertz CT molecular complexity index is 839. The number of rotatable bonds is 3. The molecule has 0 amide bonds. The molecule has 25 heavy (non-hydrogen) atoms. The summed E-state index contributed by atoms with van der Waals surface area (Å²) in [5.41, 5.74) is -0.327. The summed E-state index contributed by atoms with van der Waals surface area (Å²) >= 11 is 6.04. The number of hydrogen-bond donors (Lipinski definition) is 2. The number of hydrogen-bond acceptors (Lipinski definition) is 5. The highest BCUT2D eigenvalue weighted by atomic mass is 35.5. The number of aromatic nitrogens is 3. The highest BCUT2D eigenvalue weighted by molar-refractivity contribution is 6.32. The standard InChI is InChI=1S/C15H15ClF3N5O/c1-15(18,19)9-7-24(5-4-20-9)13-11(16)14(25)23-12(22-13)8-2-3-21-10(17)6-8/h2-3,6,9,20H,4-5,7H2,1H3,(H,22,23,25)/t9-/m1/s1. The summed E-state index contributed by atoms with van der Waals surface area (Å²) in [6.45, 7) is 1.40. The van der Waals surface area contributed by atoms with E-state index in [-0.39, 0.29) is 29.8 Å². The van der Waals surface area contributed by atoms with Gasteiger partial charge in [-0.15, -0.1) is 0 Å². The molecule has 0 saturated carbocycles. The van der Waals surface area contributed by atoms with Gasteiger partial charge in [0.05, 0.1) is 6.04 Å². The number of alkyl halides is 2. The van der Waals surface area contributed by atoms with Crippen molar-refractivity contribution in [3.63, 3.8) is 0 Å². The van der Waals surface area contributed by atoms with E-state index in [2.05, 4.69) is 20.3 Å². The molecule has 134 valence electrons. The molecule has 2 aromatic heterocycles. The minimum Gasteiger partial charge on any atom is -0.352 e. The van der Waals surface area contributed by atoms with Gasteiger partial charge in [-0.1, -0.05) is 11.6 Å². The summed E-state index contributed by atoms with van der Waals surface area (Å²) < 4.78 is 40.5. The van der Waals surface area contributed by atoms with E-state index in [0.29, 0.717) is 12.1 Å². The second-order valence-corrected chi connectivity index (χ2v) is 6.21. The molecule has 0 aliphatic carbocycles. The maximum atomic E-state index is 13.6. The summed E-state index contributed by atoms with van der Waals surface area (Å²) in [4.78, 5) is 23.8. The van der Waals surface area contributed by atoms with Crippen molar-refractivity contribution in [1.29, 1.82) is 0 Å². The van der Waals surface area contributed by atoms with Gasteiger partial charge < -0.3 is 15.2 Å². The number of halogens is 4. The maximum Gasteiger partial charge on any atom is 0.272 e. The first kappa shape index (κ1) is 17.7. The first-order valence-electron chi connectivity index (χ1n) is 7.53. The lowest BCUT2D eigenvalue weighted by atomic mass is 10.1. The van der Waals surface area contributed by atoms with E-state index >= 15 is 0 Å². The zero-order chi connectivity index (χ0) is 18.2. The van der Waals surface area contributed by atoms with E-state index < -0.39 is 23.5 Å². The summed E-state index contributed by atoms with van der Waals surface area (Å²) in [7, 11) is 0. The van der Waals surface area contributed by atoms with Crippen LogP contribution in [0.2, 0.25) is 5.02 Å². The number of aromatic amines is 1. The molecule has 1 aliphatic rings. The minimum absolute atomic E-state index is 0.0657. The van der Waals surface area contributed by atoms with Crippen LogP contribution in [0.15, 0.2) is 23.1 Å². The lowest BCUT2D eigenvalue weighted by Gasteiger charge is -2.37. The largest absolute Gasteiger partial charge is 0.352 e. The van der Waals surface area contributed by atoms with E-state index in [4.69, 9.17) is 11.6 Å². The Kier molecular flexibility index (Phi) is 4.70. The van der Waals surface area contributed by atoms with Crippen LogP contribution in [0.1, 0.15) is 6.92 Å². The van der Waals surface area contributed by atoms with Gasteiger partial charge in [-0.25, -0.2) is 18.7 Å². The van der Waals surface area contributed by atoms with Crippen molar-refractivity contribution >= 4 is 17.4 Å². The molecule has 0 radical (unpaired) electrons. The van der Waals surface area contributed by atoms with Crippen molar-refractivity contribution in [2.24, 2.45) is 0 Å². The van der Waals surface area contributed by atoms with Gasteiger partial charge in [-0.2, -0.15) is 4.39 Å². The zero-order valence-electron chi connectivity index (χ0n) is 13.2. The number of pyridine rings is 1. The minimum atomic E-state index is -2.94. The summed E-state index contributed by atoms with van der Waals surface area (Å²) in [5.74, 6) is -3.49. The van der Waals surface area contributed by atoms with E-state index in [0.717, 1.165) is 13.0 Å². The molecule has 0 bridgehead atoms. The SMILES string of the molecule is CC(F)(F)[C@H]1CN(c2nc(-c3ccnc(F)c3)[nH]c(=O)c2Cl)CCN1. The highest BCUT2D eigenvalue weighted by Crippen LogP contribution is 2.27. The van der Waals surface area contributed by atoms with Crippen LogP contribution >= 0.6 is 11.6 Å². The van der Waals surface area contributed by atoms with Crippen LogP contribution in [0, 0.1) is 5.95 Å². The Hall–Kier alpha value is -2.13. The number of piperazine rings is 1.